The van der Waals surface area contributed by atoms with E-state index in [2.05, 4.69) is 15.6 Å². The molecule has 12 heteroatoms. The van der Waals surface area contributed by atoms with E-state index in [9.17, 15) is 18.5 Å². The first-order valence-corrected chi connectivity index (χ1v) is 12.4. The molecule has 0 unspecified atom stereocenters. The molecule has 0 spiro atoms. The van der Waals surface area contributed by atoms with Crippen LogP contribution in [0.2, 0.25) is 0 Å². The molecule has 4 rings (SSSR count). The second kappa shape index (κ2) is 10.3. The zero-order chi connectivity index (χ0) is 25.0. The van der Waals surface area contributed by atoms with Gasteiger partial charge in [-0.2, -0.15) is 14.5 Å². The topological polar surface area (TPSA) is 132 Å². The number of ether oxygens (including phenoxy) is 1. The van der Waals surface area contributed by atoms with Crippen LogP contribution in [0.5, 0.6) is 0 Å². The van der Waals surface area contributed by atoms with Crippen molar-refractivity contribution < 1.29 is 18.1 Å². The number of benzene rings is 2. The summed E-state index contributed by atoms with van der Waals surface area (Å²) in [5.41, 5.74) is 5.95. The van der Waals surface area contributed by atoms with Crippen molar-refractivity contribution in [3.63, 3.8) is 0 Å². The molecule has 1 aliphatic rings. The fourth-order valence-corrected chi connectivity index (χ4v) is 5.26. The van der Waals surface area contributed by atoms with Crippen molar-refractivity contribution in [2.75, 3.05) is 31.7 Å². The van der Waals surface area contributed by atoms with Crippen LogP contribution in [-0.4, -0.2) is 59.9 Å². The number of aryl methyl sites for hydroxylation is 1. The minimum Gasteiger partial charge on any atom is -0.379 e. The van der Waals surface area contributed by atoms with E-state index in [-0.39, 0.29) is 42.6 Å². The summed E-state index contributed by atoms with van der Waals surface area (Å²) < 4.78 is 34.1. The first-order chi connectivity index (χ1) is 16.8. The number of sulfonamides is 1. The van der Waals surface area contributed by atoms with Crippen molar-refractivity contribution in [3.05, 3.63) is 81.2 Å². The summed E-state index contributed by atoms with van der Waals surface area (Å²) >= 11 is 0. The summed E-state index contributed by atoms with van der Waals surface area (Å²) in [5.74, 6) is 0. The van der Waals surface area contributed by atoms with Gasteiger partial charge in [-0.1, -0.05) is 30.3 Å². The number of hydrazone groups is 1. The highest BCUT2D eigenvalue weighted by atomic mass is 32.2. The predicted molar refractivity (Wildman–Crippen MR) is 131 cm³/mol. The Morgan fingerprint density at radius 1 is 1.17 bits per heavy atom. The fraction of sp³-hybridized carbons (Fsp3) is 0.304. The molecule has 11 nitrogen and oxygen atoms in total. The molecule has 1 aromatic heterocycles. The maximum absolute atomic E-state index is 12.9. The highest BCUT2D eigenvalue weighted by Crippen LogP contribution is 2.29. The molecule has 0 atom stereocenters. The third-order valence-electron chi connectivity index (χ3n) is 5.76. The van der Waals surface area contributed by atoms with E-state index < -0.39 is 14.9 Å². The van der Waals surface area contributed by atoms with Gasteiger partial charge in [0.1, 0.15) is 5.69 Å². The molecule has 0 bridgehead atoms. The number of rotatable bonds is 8. The van der Waals surface area contributed by atoms with Crippen molar-refractivity contribution >= 4 is 27.6 Å². The van der Waals surface area contributed by atoms with Crippen LogP contribution in [0, 0.1) is 24.0 Å². The number of nitrogens with one attached hydrogen (secondary N) is 1. The molecule has 184 valence electrons. The molecule has 1 saturated heterocycles. The first-order valence-electron chi connectivity index (χ1n) is 11.0. The minimum atomic E-state index is -3.86. The lowest BCUT2D eigenvalue weighted by atomic mass is 10.2. The molecule has 0 saturated carbocycles. The van der Waals surface area contributed by atoms with Gasteiger partial charge in [0.2, 0.25) is 10.0 Å². The van der Waals surface area contributed by atoms with Gasteiger partial charge in [0, 0.05) is 30.4 Å². The Kier molecular flexibility index (Phi) is 7.24. The Hall–Kier alpha value is -3.61. The summed E-state index contributed by atoms with van der Waals surface area (Å²) in [5, 5.41) is 20.4. The summed E-state index contributed by atoms with van der Waals surface area (Å²) in [4.78, 5) is 10.9. The highest BCUT2D eigenvalue weighted by Gasteiger charge is 2.28. The second-order valence-electron chi connectivity index (χ2n) is 8.05. The van der Waals surface area contributed by atoms with Crippen LogP contribution in [0.1, 0.15) is 22.5 Å². The van der Waals surface area contributed by atoms with Crippen LogP contribution in [0.3, 0.4) is 0 Å². The molecule has 0 radical (unpaired) electrons. The van der Waals surface area contributed by atoms with E-state index in [1.165, 1.54) is 16.4 Å². The normalized spacial score (nSPS) is 14.9. The maximum atomic E-state index is 12.9. The van der Waals surface area contributed by atoms with Gasteiger partial charge in [0.25, 0.3) is 5.69 Å². The minimum absolute atomic E-state index is 0.0826. The van der Waals surface area contributed by atoms with Crippen LogP contribution >= 0.6 is 0 Å². The van der Waals surface area contributed by atoms with Crippen molar-refractivity contribution in [2.45, 2.75) is 25.3 Å². The quantitative estimate of drug-likeness (QED) is 0.287. The monoisotopic (exact) mass is 498 g/mol. The van der Waals surface area contributed by atoms with Gasteiger partial charge < -0.3 is 4.74 Å². The van der Waals surface area contributed by atoms with Gasteiger partial charge in [0.15, 0.2) is 0 Å². The molecule has 3 aromatic rings. The fourth-order valence-electron chi connectivity index (χ4n) is 3.83. The maximum Gasteiger partial charge on any atom is 0.295 e. The largest absolute Gasteiger partial charge is 0.379 e. The zero-order valence-corrected chi connectivity index (χ0v) is 20.2. The number of anilines is 1. The smallest absolute Gasteiger partial charge is 0.295 e. The Balaban J connectivity index is 1.54. The van der Waals surface area contributed by atoms with E-state index in [1.807, 2.05) is 48.9 Å². The molecule has 0 aliphatic carbocycles. The Morgan fingerprint density at radius 3 is 2.57 bits per heavy atom. The second-order valence-corrected chi connectivity index (χ2v) is 9.99. The summed E-state index contributed by atoms with van der Waals surface area (Å²) in [6.07, 6.45) is 1.56. The number of nitrogens with zero attached hydrogens (tertiary/aromatic N) is 5. The third kappa shape index (κ3) is 5.39. The number of nitro benzene ring substituents is 1. The average Bonchev–Trinajstić information content (AvgIpc) is 3.12. The zero-order valence-electron chi connectivity index (χ0n) is 19.4. The van der Waals surface area contributed by atoms with E-state index in [4.69, 9.17) is 4.74 Å². The molecule has 35 heavy (non-hydrogen) atoms. The van der Waals surface area contributed by atoms with Gasteiger partial charge in [-0.3, -0.25) is 20.2 Å². The van der Waals surface area contributed by atoms with Crippen LogP contribution in [0.25, 0.3) is 0 Å². The third-order valence-corrected chi connectivity index (χ3v) is 7.66. The Labute approximate surface area is 203 Å². The first kappa shape index (κ1) is 24.5. The van der Waals surface area contributed by atoms with E-state index in [0.29, 0.717) is 6.54 Å². The average molecular weight is 499 g/mol. The molecule has 1 aliphatic heterocycles. The molecule has 2 aromatic carbocycles. The van der Waals surface area contributed by atoms with Gasteiger partial charge in [0.05, 0.1) is 41.5 Å². The number of aromatic nitrogens is 2. The molecular formula is C23H26N6O5S. The van der Waals surface area contributed by atoms with Gasteiger partial charge >= 0.3 is 0 Å². The lowest BCUT2D eigenvalue weighted by molar-refractivity contribution is -0.384. The summed E-state index contributed by atoms with van der Waals surface area (Å²) in [6, 6.07) is 13.7. The Morgan fingerprint density at radius 2 is 1.89 bits per heavy atom. The Bertz CT molecular complexity index is 1350. The lowest BCUT2D eigenvalue weighted by Crippen LogP contribution is -2.40. The number of hydrogen-bond donors (Lipinski definition) is 1. The van der Waals surface area contributed by atoms with E-state index >= 15 is 0 Å². The van der Waals surface area contributed by atoms with Crippen LogP contribution < -0.4 is 5.43 Å². The number of nitro groups is 1. The highest BCUT2D eigenvalue weighted by molar-refractivity contribution is 7.89. The molecular weight excluding hydrogens is 472 g/mol. The standard InChI is InChI=1S/C23H26N6O5S/c1-17-21(18(2)28(26-17)16-19-6-4-3-5-7-19)15-24-25-22-9-8-20(14-23(22)29(30)31)35(32,33)27-10-12-34-13-11-27/h3-9,14-15,25H,10-13,16H2,1-2H3/b24-15-. The lowest BCUT2D eigenvalue weighted by Gasteiger charge is -2.26. The summed E-state index contributed by atoms with van der Waals surface area (Å²) in [7, 11) is -3.86. The SMILES string of the molecule is Cc1nn(Cc2ccccc2)c(C)c1/C=N\Nc1ccc(S(=O)(=O)N2CCOCC2)cc1[N+](=O)[O-]. The van der Waals surface area contributed by atoms with Gasteiger partial charge in [-0.25, -0.2) is 8.42 Å². The van der Waals surface area contributed by atoms with Gasteiger partial charge in [-0.05, 0) is 31.5 Å². The number of morpholine rings is 1. The van der Waals surface area contributed by atoms with Gasteiger partial charge in [-0.15, -0.1) is 0 Å². The molecule has 1 fully saturated rings. The van der Waals surface area contributed by atoms with E-state index in [1.54, 1.807) is 6.21 Å². The van der Waals surface area contributed by atoms with Crippen molar-refractivity contribution in [3.8, 4) is 0 Å². The van der Waals surface area contributed by atoms with Crippen molar-refractivity contribution in [1.29, 1.82) is 0 Å². The predicted octanol–water partition coefficient (Wildman–Crippen LogP) is 2.92. The van der Waals surface area contributed by atoms with Crippen molar-refractivity contribution in [1.82, 2.24) is 14.1 Å². The molecule has 1 N–H and O–H groups in total. The van der Waals surface area contributed by atoms with E-state index in [0.717, 1.165) is 28.6 Å². The van der Waals surface area contributed by atoms with Crippen LogP contribution in [-0.2, 0) is 21.3 Å². The number of hydrogen-bond acceptors (Lipinski definition) is 8. The summed E-state index contributed by atoms with van der Waals surface area (Å²) in [6.45, 7) is 5.39. The van der Waals surface area contributed by atoms with Crippen LogP contribution in [0.4, 0.5) is 11.4 Å². The van der Waals surface area contributed by atoms with Crippen molar-refractivity contribution in [2.24, 2.45) is 5.10 Å². The van der Waals surface area contributed by atoms with Crippen LogP contribution in [0.15, 0.2) is 58.5 Å². The molecule has 0 amide bonds. The molecule has 2 heterocycles.